The molecule has 0 saturated heterocycles. The Labute approximate surface area is 137 Å². The van der Waals surface area contributed by atoms with Crippen molar-refractivity contribution >= 4 is 11.0 Å². The molecular formula is C17H17N3O4. The van der Waals surface area contributed by atoms with Crippen LogP contribution >= 0.6 is 0 Å². The van der Waals surface area contributed by atoms with E-state index in [1.165, 1.54) is 17.3 Å². The number of hydrogen-bond donors (Lipinski definition) is 1. The number of aliphatic hydroxyl groups is 1. The highest BCUT2D eigenvalue weighted by Gasteiger charge is 2.19. The van der Waals surface area contributed by atoms with E-state index in [0.717, 1.165) is 35.8 Å². The Kier molecular flexibility index (Phi) is 3.78. The van der Waals surface area contributed by atoms with Crippen molar-refractivity contribution in [1.29, 1.82) is 0 Å². The van der Waals surface area contributed by atoms with Crippen LogP contribution in [0, 0.1) is 0 Å². The lowest BCUT2D eigenvalue weighted by atomic mass is 10.1. The van der Waals surface area contributed by atoms with Crippen LogP contribution < -0.4 is 10.4 Å². The van der Waals surface area contributed by atoms with Crippen LogP contribution in [0.4, 0.5) is 0 Å². The summed E-state index contributed by atoms with van der Waals surface area (Å²) < 4.78 is 12.6. The van der Waals surface area contributed by atoms with E-state index in [-0.39, 0.29) is 12.2 Å². The van der Waals surface area contributed by atoms with Crippen molar-refractivity contribution in [2.75, 3.05) is 6.61 Å². The number of rotatable bonds is 5. The van der Waals surface area contributed by atoms with Gasteiger partial charge in [0.05, 0.1) is 6.54 Å². The number of ether oxygens (including phenoxy) is 1. The molecule has 4 rings (SSSR count). The molecule has 2 aromatic heterocycles. The predicted molar refractivity (Wildman–Crippen MR) is 86.0 cm³/mol. The van der Waals surface area contributed by atoms with E-state index in [9.17, 15) is 9.90 Å². The molecule has 0 unspecified atom stereocenters. The standard InChI is InChI=1S/C17H17N3O4/c21-11(7-20-10-18-9-19-20)8-23-12-4-5-14-13-2-1-3-15(13)17(22)24-16(14)6-12/h4-6,9-11,21H,1-3,7-8H2/t11-/m0/s1. The van der Waals surface area contributed by atoms with Gasteiger partial charge in [-0.25, -0.2) is 9.78 Å². The van der Waals surface area contributed by atoms with Gasteiger partial charge in [0, 0.05) is 17.0 Å². The summed E-state index contributed by atoms with van der Waals surface area (Å²) in [6.45, 7) is 0.413. The van der Waals surface area contributed by atoms with E-state index in [4.69, 9.17) is 9.15 Å². The first-order chi connectivity index (χ1) is 11.7. The summed E-state index contributed by atoms with van der Waals surface area (Å²) in [6, 6.07) is 5.46. The number of aryl methyl sites for hydroxylation is 1. The van der Waals surface area contributed by atoms with Crippen molar-refractivity contribution in [1.82, 2.24) is 14.8 Å². The summed E-state index contributed by atoms with van der Waals surface area (Å²) in [5.41, 5.74) is 2.18. The highest BCUT2D eigenvalue weighted by molar-refractivity contribution is 5.83. The zero-order chi connectivity index (χ0) is 16.5. The molecule has 0 spiro atoms. The van der Waals surface area contributed by atoms with Crippen molar-refractivity contribution in [3.63, 3.8) is 0 Å². The maximum absolute atomic E-state index is 12.0. The fourth-order valence-electron chi connectivity index (χ4n) is 3.14. The molecule has 0 aliphatic heterocycles. The van der Waals surface area contributed by atoms with E-state index in [1.807, 2.05) is 12.1 Å². The van der Waals surface area contributed by atoms with E-state index in [1.54, 1.807) is 6.07 Å². The lowest BCUT2D eigenvalue weighted by Gasteiger charge is -2.13. The first-order valence-electron chi connectivity index (χ1n) is 7.92. The molecule has 0 fully saturated rings. The Morgan fingerprint density at radius 3 is 3.04 bits per heavy atom. The number of aliphatic hydroxyl groups excluding tert-OH is 1. The summed E-state index contributed by atoms with van der Waals surface area (Å²) in [5.74, 6) is 0.557. The second-order valence-corrected chi connectivity index (χ2v) is 5.94. The molecule has 24 heavy (non-hydrogen) atoms. The molecule has 1 atom stereocenters. The topological polar surface area (TPSA) is 90.4 Å². The number of fused-ring (bicyclic) bond motifs is 3. The minimum atomic E-state index is -0.713. The van der Waals surface area contributed by atoms with E-state index < -0.39 is 6.10 Å². The van der Waals surface area contributed by atoms with Gasteiger partial charge in [-0.3, -0.25) is 4.68 Å². The lowest BCUT2D eigenvalue weighted by molar-refractivity contribution is 0.0892. The smallest absolute Gasteiger partial charge is 0.339 e. The third-order valence-corrected chi connectivity index (χ3v) is 4.25. The summed E-state index contributed by atoms with van der Waals surface area (Å²) in [4.78, 5) is 15.8. The van der Waals surface area contributed by atoms with Crippen LogP contribution in [0.5, 0.6) is 5.75 Å². The average Bonchev–Trinajstić information content (AvgIpc) is 3.24. The van der Waals surface area contributed by atoms with E-state index in [2.05, 4.69) is 10.1 Å². The summed E-state index contributed by atoms with van der Waals surface area (Å²) >= 11 is 0. The molecule has 0 bridgehead atoms. The Morgan fingerprint density at radius 1 is 1.33 bits per heavy atom. The molecule has 3 aromatic rings. The maximum atomic E-state index is 12.0. The third-order valence-electron chi connectivity index (χ3n) is 4.25. The Balaban J connectivity index is 1.51. The quantitative estimate of drug-likeness (QED) is 0.711. The largest absolute Gasteiger partial charge is 0.491 e. The monoisotopic (exact) mass is 327 g/mol. The summed E-state index contributed by atoms with van der Waals surface area (Å²) in [5, 5.41) is 14.9. The highest BCUT2D eigenvalue weighted by Crippen LogP contribution is 2.29. The SMILES string of the molecule is O=c1oc2cc(OC[C@@H](O)Cn3cncn3)ccc2c2c1CCC2. The number of aromatic nitrogens is 3. The van der Waals surface area contributed by atoms with Crippen molar-refractivity contribution in [2.45, 2.75) is 31.9 Å². The van der Waals surface area contributed by atoms with E-state index in [0.29, 0.717) is 17.9 Å². The zero-order valence-electron chi connectivity index (χ0n) is 13.0. The number of hydrogen-bond acceptors (Lipinski definition) is 6. The fourth-order valence-corrected chi connectivity index (χ4v) is 3.14. The van der Waals surface area contributed by atoms with E-state index >= 15 is 0 Å². The number of benzene rings is 1. The van der Waals surface area contributed by atoms with Crippen LogP contribution in [0.1, 0.15) is 17.5 Å². The Hall–Kier alpha value is -2.67. The third kappa shape index (κ3) is 2.78. The van der Waals surface area contributed by atoms with Gasteiger partial charge in [0.2, 0.25) is 0 Å². The molecule has 1 N–H and O–H groups in total. The first-order valence-corrected chi connectivity index (χ1v) is 7.92. The molecule has 1 aliphatic rings. The average molecular weight is 327 g/mol. The second kappa shape index (κ2) is 6.09. The first kappa shape index (κ1) is 14.9. The van der Waals surface area contributed by atoms with Crippen molar-refractivity contribution in [3.8, 4) is 5.75 Å². The van der Waals surface area contributed by atoms with Crippen LogP contribution in [-0.4, -0.2) is 32.6 Å². The second-order valence-electron chi connectivity index (χ2n) is 5.94. The molecule has 124 valence electrons. The van der Waals surface area contributed by atoms with Gasteiger partial charge >= 0.3 is 5.63 Å². The van der Waals surface area contributed by atoms with Gasteiger partial charge in [-0.1, -0.05) is 0 Å². The van der Waals surface area contributed by atoms with Crippen LogP contribution in [0.25, 0.3) is 11.0 Å². The van der Waals surface area contributed by atoms with Gasteiger partial charge in [0.1, 0.15) is 36.7 Å². The summed E-state index contributed by atoms with van der Waals surface area (Å²) in [6.07, 6.45) is 4.93. The Bertz CT molecular complexity index is 917. The zero-order valence-corrected chi connectivity index (χ0v) is 13.0. The molecule has 2 heterocycles. The number of nitrogens with zero attached hydrogens (tertiary/aromatic N) is 3. The molecule has 1 aromatic carbocycles. The molecule has 0 radical (unpaired) electrons. The molecule has 0 amide bonds. The lowest BCUT2D eigenvalue weighted by Crippen LogP contribution is -2.23. The minimum Gasteiger partial charge on any atom is -0.491 e. The van der Waals surface area contributed by atoms with Crippen molar-refractivity contribution < 1.29 is 14.3 Å². The maximum Gasteiger partial charge on any atom is 0.339 e. The van der Waals surface area contributed by atoms with Crippen LogP contribution in [0.15, 0.2) is 40.1 Å². The van der Waals surface area contributed by atoms with Gasteiger partial charge in [0.25, 0.3) is 0 Å². The Morgan fingerprint density at radius 2 is 2.21 bits per heavy atom. The molecule has 7 heteroatoms. The molecular weight excluding hydrogens is 310 g/mol. The van der Waals surface area contributed by atoms with Gasteiger partial charge in [-0.05, 0) is 37.0 Å². The fraction of sp³-hybridized carbons (Fsp3) is 0.353. The van der Waals surface area contributed by atoms with Crippen molar-refractivity contribution in [2.24, 2.45) is 0 Å². The highest BCUT2D eigenvalue weighted by atomic mass is 16.5. The normalized spacial score (nSPS) is 14.7. The van der Waals surface area contributed by atoms with Gasteiger partial charge in [-0.15, -0.1) is 0 Å². The van der Waals surface area contributed by atoms with Crippen LogP contribution in [0.3, 0.4) is 0 Å². The summed E-state index contributed by atoms with van der Waals surface area (Å²) in [7, 11) is 0. The molecule has 7 nitrogen and oxygen atoms in total. The minimum absolute atomic E-state index is 0.112. The molecule has 0 saturated carbocycles. The van der Waals surface area contributed by atoms with Gasteiger partial charge in [-0.2, -0.15) is 5.10 Å². The van der Waals surface area contributed by atoms with Crippen molar-refractivity contribution in [3.05, 3.63) is 52.4 Å². The van der Waals surface area contributed by atoms with Crippen LogP contribution in [0.2, 0.25) is 0 Å². The van der Waals surface area contributed by atoms with Gasteiger partial charge in [0.15, 0.2) is 0 Å². The van der Waals surface area contributed by atoms with Gasteiger partial charge < -0.3 is 14.3 Å². The predicted octanol–water partition coefficient (Wildman–Crippen LogP) is 1.31. The van der Waals surface area contributed by atoms with Crippen LogP contribution in [-0.2, 0) is 19.4 Å². The molecule has 1 aliphatic carbocycles.